The third kappa shape index (κ3) is 3.73. The van der Waals surface area contributed by atoms with Crippen LogP contribution in [-0.4, -0.2) is 41.9 Å². The van der Waals surface area contributed by atoms with Crippen molar-refractivity contribution >= 4 is 5.95 Å². The van der Waals surface area contributed by atoms with E-state index in [0.29, 0.717) is 18.7 Å². The van der Waals surface area contributed by atoms with Crippen molar-refractivity contribution in [2.24, 2.45) is 5.73 Å². The van der Waals surface area contributed by atoms with Gasteiger partial charge in [0.05, 0.1) is 11.8 Å². The SMILES string of the molecule is Cc1cn(C(C)C)c(N2CCC(OCCCN)CC2)n1. The van der Waals surface area contributed by atoms with E-state index in [9.17, 15) is 0 Å². The van der Waals surface area contributed by atoms with Gasteiger partial charge in [0.25, 0.3) is 0 Å². The number of nitrogens with two attached hydrogens (primary N) is 1. The Bertz CT molecular complexity index is 408. The molecule has 1 aromatic rings. The van der Waals surface area contributed by atoms with Gasteiger partial charge in [0.15, 0.2) is 0 Å². The van der Waals surface area contributed by atoms with Gasteiger partial charge in [0.2, 0.25) is 5.95 Å². The maximum atomic E-state index is 5.86. The molecule has 0 unspecified atom stereocenters. The Kier molecular flexibility index (Phi) is 5.43. The molecule has 0 amide bonds. The molecule has 2 heterocycles. The van der Waals surface area contributed by atoms with Gasteiger partial charge in [-0.1, -0.05) is 0 Å². The first-order valence-corrected chi connectivity index (χ1v) is 7.74. The zero-order valence-electron chi connectivity index (χ0n) is 13.0. The van der Waals surface area contributed by atoms with E-state index in [1.165, 1.54) is 0 Å². The molecule has 2 rings (SSSR count). The fraction of sp³-hybridized carbons (Fsp3) is 0.800. The lowest BCUT2D eigenvalue weighted by Gasteiger charge is -2.33. The summed E-state index contributed by atoms with van der Waals surface area (Å²) in [5, 5.41) is 0. The average Bonchev–Trinajstić information content (AvgIpc) is 2.82. The molecule has 5 heteroatoms. The molecule has 0 bridgehead atoms. The molecule has 2 N–H and O–H groups in total. The fourth-order valence-corrected chi connectivity index (χ4v) is 2.67. The predicted octanol–water partition coefficient (Wildman–Crippen LogP) is 2.11. The number of hydrogen-bond donors (Lipinski definition) is 1. The van der Waals surface area contributed by atoms with E-state index in [0.717, 1.165) is 50.6 Å². The number of nitrogens with zero attached hydrogens (tertiary/aromatic N) is 3. The summed E-state index contributed by atoms with van der Waals surface area (Å²) in [4.78, 5) is 7.07. The molecular formula is C15H28N4O. The second kappa shape index (κ2) is 7.09. The van der Waals surface area contributed by atoms with E-state index in [1.807, 2.05) is 0 Å². The summed E-state index contributed by atoms with van der Waals surface area (Å²) in [6, 6.07) is 0.449. The van der Waals surface area contributed by atoms with Crippen LogP contribution in [0.3, 0.4) is 0 Å². The average molecular weight is 280 g/mol. The minimum atomic E-state index is 0.390. The van der Waals surface area contributed by atoms with Crippen LogP contribution >= 0.6 is 0 Å². The van der Waals surface area contributed by atoms with Crippen molar-refractivity contribution in [3.05, 3.63) is 11.9 Å². The normalized spacial score (nSPS) is 17.1. The highest BCUT2D eigenvalue weighted by atomic mass is 16.5. The van der Waals surface area contributed by atoms with Crippen LogP contribution in [0.25, 0.3) is 0 Å². The third-order valence-electron chi connectivity index (χ3n) is 3.82. The van der Waals surface area contributed by atoms with Crippen LogP contribution in [0, 0.1) is 6.92 Å². The largest absolute Gasteiger partial charge is 0.378 e. The third-order valence-corrected chi connectivity index (χ3v) is 3.82. The smallest absolute Gasteiger partial charge is 0.205 e. The van der Waals surface area contributed by atoms with Crippen molar-refractivity contribution in [1.29, 1.82) is 0 Å². The van der Waals surface area contributed by atoms with E-state index in [-0.39, 0.29) is 0 Å². The second-order valence-electron chi connectivity index (χ2n) is 5.88. The van der Waals surface area contributed by atoms with E-state index in [1.54, 1.807) is 0 Å². The lowest BCUT2D eigenvalue weighted by Crippen LogP contribution is -2.38. The van der Waals surface area contributed by atoms with E-state index < -0.39 is 0 Å². The zero-order valence-corrected chi connectivity index (χ0v) is 13.0. The Labute approximate surface area is 122 Å². The van der Waals surface area contributed by atoms with Gasteiger partial charge >= 0.3 is 0 Å². The van der Waals surface area contributed by atoms with Crippen molar-refractivity contribution in [2.75, 3.05) is 31.1 Å². The van der Waals surface area contributed by atoms with Crippen LogP contribution in [0.15, 0.2) is 6.20 Å². The molecule has 1 aliphatic heterocycles. The Morgan fingerprint density at radius 2 is 2.10 bits per heavy atom. The van der Waals surface area contributed by atoms with Gasteiger partial charge in [-0.05, 0) is 46.6 Å². The number of imidazole rings is 1. The minimum absolute atomic E-state index is 0.390. The zero-order chi connectivity index (χ0) is 14.5. The Morgan fingerprint density at radius 1 is 1.40 bits per heavy atom. The molecule has 0 atom stereocenters. The van der Waals surface area contributed by atoms with E-state index in [2.05, 4.69) is 41.4 Å². The minimum Gasteiger partial charge on any atom is -0.378 e. The maximum absolute atomic E-state index is 5.86. The van der Waals surface area contributed by atoms with Crippen LogP contribution in [0.2, 0.25) is 0 Å². The molecule has 0 spiro atoms. The van der Waals surface area contributed by atoms with Gasteiger partial charge in [-0.25, -0.2) is 4.98 Å². The van der Waals surface area contributed by atoms with E-state index >= 15 is 0 Å². The topological polar surface area (TPSA) is 56.3 Å². The first-order chi connectivity index (χ1) is 9.61. The Balaban J connectivity index is 1.90. The first kappa shape index (κ1) is 15.3. The van der Waals surface area contributed by atoms with Crippen molar-refractivity contribution in [3.63, 3.8) is 0 Å². The number of aryl methyl sites for hydroxylation is 1. The first-order valence-electron chi connectivity index (χ1n) is 7.74. The van der Waals surface area contributed by atoms with Gasteiger partial charge in [0, 0.05) is 31.9 Å². The van der Waals surface area contributed by atoms with Crippen LogP contribution in [0.4, 0.5) is 5.95 Å². The summed E-state index contributed by atoms with van der Waals surface area (Å²) in [7, 11) is 0. The van der Waals surface area contributed by atoms with Gasteiger partial charge < -0.3 is 19.9 Å². The molecule has 0 aromatic carbocycles. The van der Waals surface area contributed by atoms with Gasteiger partial charge in [0.1, 0.15) is 0 Å². The highest BCUT2D eigenvalue weighted by molar-refractivity contribution is 5.34. The molecule has 1 fully saturated rings. The molecule has 0 aliphatic carbocycles. The lowest BCUT2D eigenvalue weighted by atomic mass is 10.1. The molecule has 0 saturated carbocycles. The van der Waals surface area contributed by atoms with Gasteiger partial charge in [-0.2, -0.15) is 0 Å². The maximum Gasteiger partial charge on any atom is 0.205 e. The number of hydrogen-bond acceptors (Lipinski definition) is 4. The molecule has 0 radical (unpaired) electrons. The standard InChI is InChI=1S/C15H28N4O/c1-12(2)19-11-13(3)17-15(19)18-8-5-14(6-9-18)20-10-4-7-16/h11-12,14H,4-10,16H2,1-3H3. The number of piperidine rings is 1. The van der Waals surface area contributed by atoms with E-state index in [4.69, 9.17) is 10.5 Å². The van der Waals surface area contributed by atoms with Crippen LogP contribution in [-0.2, 0) is 4.74 Å². The summed E-state index contributed by atoms with van der Waals surface area (Å²) < 4.78 is 8.13. The molecule has 5 nitrogen and oxygen atoms in total. The fourth-order valence-electron chi connectivity index (χ4n) is 2.67. The predicted molar refractivity (Wildman–Crippen MR) is 82.2 cm³/mol. The van der Waals surface area contributed by atoms with Crippen molar-refractivity contribution < 1.29 is 4.74 Å². The Morgan fingerprint density at radius 3 is 2.70 bits per heavy atom. The van der Waals surface area contributed by atoms with Crippen molar-refractivity contribution in [3.8, 4) is 0 Å². The number of aromatic nitrogens is 2. The summed E-state index contributed by atoms with van der Waals surface area (Å²) in [5.41, 5.74) is 6.58. The highest BCUT2D eigenvalue weighted by Gasteiger charge is 2.23. The summed E-state index contributed by atoms with van der Waals surface area (Å²) >= 11 is 0. The van der Waals surface area contributed by atoms with Gasteiger partial charge in [-0.15, -0.1) is 0 Å². The van der Waals surface area contributed by atoms with Crippen molar-refractivity contribution in [2.45, 2.75) is 52.2 Å². The van der Waals surface area contributed by atoms with Crippen molar-refractivity contribution in [1.82, 2.24) is 9.55 Å². The second-order valence-corrected chi connectivity index (χ2v) is 5.88. The molecule has 1 aliphatic rings. The quantitative estimate of drug-likeness (QED) is 0.811. The summed E-state index contributed by atoms with van der Waals surface area (Å²) in [6.45, 7) is 10.0. The molecule has 1 saturated heterocycles. The van der Waals surface area contributed by atoms with Crippen LogP contribution < -0.4 is 10.6 Å². The monoisotopic (exact) mass is 280 g/mol. The molecule has 1 aromatic heterocycles. The lowest BCUT2D eigenvalue weighted by molar-refractivity contribution is 0.0364. The van der Waals surface area contributed by atoms with Crippen LogP contribution in [0.5, 0.6) is 0 Å². The van der Waals surface area contributed by atoms with Gasteiger partial charge in [-0.3, -0.25) is 0 Å². The Hall–Kier alpha value is -1.07. The molecule has 114 valence electrons. The van der Waals surface area contributed by atoms with Crippen LogP contribution in [0.1, 0.15) is 44.8 Å². The highest BCUT2D eigenvalue weighted by Crippen LogP contribution is 2.24. The number of anilines is 1. The number of rotatable bonds is 6. The summed E-state index contributed by atoms with van der Waals surface area (Å²) in [5.74, 6) is 1.11. The molecular weight excluding hydrogens is 252 g/mol. The molecule has 20 heavy (non-hydrogen) atoms. The number of ether oxygens (including phenoxy) is 1. The summed E-state index contributed by atoms with van der Waals surface area (Å²) in [6.07, 6.45) is 5.64.